The fraction of sp³-hybridized carbons (Fsp3) is 0.136. The Hall–Kier alpha value is -3.78. The molecule has 1 unspecified atom stereocenters. The van der Waals surface area contributed by atoms with Crippen molar-refractivity contribution < 1.29 is 14.3 Å². The van der Waals surface area contributed by atoms with Gasteiger partial charge in [-0.3, -0.25) is 20.5 Å². The number of anilines is 1. The molecule has 8 nitrogen and oxygen atoms in total. The number of aromatic nitrogens is 1. The Morgan fingerprint density at radius 2 is 1.81 bits per heavy atom. The predicted octanol–water partition coefficient (Wildman–Crippen LogP) is 4.47. The Balaban J connectivity index is 1.46. The third-order valence-electron chi connectivity index (χ3n) is 4.59. The van der Waals surface area contributed by atoms with Gasteiger partial charge in [0.1, 0.15) is 11.5 Å². The number of carbonyl (C=O) groups is 2. The van der Waals surface area contributed by atoms with Crippen LogP contribution in [0.3, 0.4) is 0 Å². The topological polar surface area (TPSA) is 95.6 Å². The molecule has 1 aromatic heterocycles. The van der Waals surface area contributed by atoms with Crippen LogP contribution >= 0.6 is 11.6 Å². The minimum atomic E-state index is -0.730. The van der Waals surface area contributed by atoms with Gasteiger partial charge in [0.15, 0.2) is 6.29 Å². The Labute approximate surface area is 184 Å². The Morgan fingerprint density at radius 3 is 2.52 bits per heavy atom. The number of amides is 4. The highest BCUT2D eigenvalue weighted by Crippen LogP contribution is 2.24. The molecule has 2 aromatic carbocycles. The van der Waals surface area contributed by atoms with Gasteiger partial charge in [-0.2, -0.15) is 0 Å². The van der Waals surface area contributed by atoms with Crippen molar-refractivity contribution in [1.82, 2.24) is 20.5 Å². The average Bonchev–Trinajstić information content (AvgIpc) is 2.73. The van der Waals surface area contributed by atoms with E-state index in [1.165, 1.54) is 4.90 Å². The van der Waals surface area contributed by atoms with Gasteiger partial charge in [-0.25, -0.2) is 9.59 Å². The number of nitrogens with one attached hydrogen (secondary N) is 3. The maximum atomic E-state index is 12.4. The number of imide groups is 1. The largest absolute Gasteiger partial charge is 0.457 e. The number of hydrogen-bond donors (Lipinski definition) is 3. The molecular formula is C22H20ClN5O3. The zero-order chi connectivity index (χ0) is 21.8. The minimum absolute atomic E-state index is 0.281. The van der Waals surface area contributed by atoms with E-state index in [-0.39, 0.29) is 6.54 Å². The van der Waals surface area contributed by atoms with E-state index in [2.05, 4.69) is 20.9 Å². The summed E-state index contributed by atoms with van der Waals surface area (Å²) in [4.78, 5) is 29.9. The van der Waals surface area contributed by atoms with Gasteiger partial charge in [-0.05, 0) is 55.0 Å². The van der Waals surface area contributed by atoms with Crippen molar-refractivity contribution >= 4 is 29.4 Å². The normalized spacial score (nSPS) is 15.8. The van der Waals surface area contributed by atoms with E-state index in [9.17, 15) is 9.59 Å². The third kappa shape index (κ3) is 5.23. The van der Waals surface area contributed by atoms with Crippen molar-refractivity contribution in [1.29, 1.82) is 0 Å². The standard InChI is InChI=1S/C22H20ClN5O3/c1-14-12-19(10-11-24-14)31-18-8-6-17(7-9-18)25-20-26-21(29)27-22(30)28(20)13-15-2-4-16(23)5-3-15/h2-12,20,25H,13H2,1H3,(H2,26,27,29,30). The smallest absolute Gasteiger partial charge is 0.328 e. The van der Waals surface area contributed by atoms with Crippen molar-refractivity contribution in [2.75, 3.05) is 5.32 Å². The molecule has 3 aromatic rings. The lowest BCUT2D eigenvalue weighted by atomic mass is 10.2. The first-order chi connectivity index (χ1) is 15.0. The predicted molar refractivity (Wildman–Crippen MR) is 117 cm³/mol. The van der Waals surface area contributed by atoms with Gasteiger partial charge in [-0.1, -0.05) is 23.7 Å². The van der Waals surface area contributed by atoms with Gasteiger partial charge in [-0.15, -0.1) is 0 Å². The maximum absolute atomic E-state index is 12.4. The molecule has 0 spiro atoms. The highest BCUT2D eigenvalue weighted by Gasteiger charge is 2.31. The summed E-state index contributed by atoms with van der Waals surface area (Å²) < 4.78 is 5.83. The summed E-state index contributed by atoms with van der Waals surface area (Å²) in [5, 5.41) is 8.76. The lowest BCUT2D eigenvalue weighted by molar-refractivity contribution is 0.149. The highest BCUT2D eigenvalue weighted by atomic mass is 35.5. The van der Waals surface area contributed by atoms with Crippen LogP contribution in [0.5, 0.6) is 11.5 Å². The quantitative estimate of drug-likeness (QED) is 0.529. The highest BCUT2D eigenvalue weighted by molar-refractivity contribution is 6.30. The first kappa shape index (κ1) is 20.5. The summed E-state index contributed by atoms with van der Waals surface area (Å²) in [7, 11) is 0. The molecule has 2 heterocycles. The van der Waals surface area contributed by atoms with E-state index >= 15 is 0 Å². The Bertz CT molecular complexity index is 1090. The number of nitrogens with zero attached hydrogens (tertiary/aromatic N) is 2. The molecule has 0 saturated carbocycles. The van der Waals surface area contributed by atoms with Gasteiger partial charge in [0.2, 0.25) is 0 Å². The van der Waals surface area contributed by atoms with Crippen molar-refractivity contribution in [2.45, 2.75) is 19.8 Å². The van der Waals surface area contributed by atoms with Crippen molar-refractivity contribution in [2.24, 2.45) is 0 Å². The van der Waals surface area contributed by atoms with E-state index in [1.54, 1.807) is 36.5 Å². The van der Waals surface area contributed by atoms with Gasteiger partial charge in [0, 0.05) is 28.7 Å². The van der Waals surface area contributed by atoms with Crippen LogP contribution in [0.25, 0.3) is 0 Å². The third-order valence-corrected chi connectivity index (χ3v) is 4.84. The second-order valence-corrected chi connectivity index (χ2v) is 7.40. The minimum Gasteiger partial charge on any atom is -0.457 e. The zero-order valence-corrected chi connectivity index (χ0v) is 17.4. The van der Waals surface area contributed by atoms with E-state index in [0.717, 1.165) is 11.3 Å². The molecule has 1 fully saturated rings. The number of urea groups is 2. The first-order valence-corrected chi connectivity index (χ1v) is 9.94. The van der Waals surface area contributed by atoms with Crippen molar-refractivity contribution in [3.63, 3.8) is 0 Å². The fourth-order valence-corrected chi connectivity index (χ4v) is 3.21. The van der Waals surface area contributed by atoms with Gasteiger partial charge < -0.3 is 10.1 Å². The molecule has 158 valence electrons. The number of benzene rings is 2. The van der Waals surface area contributed by atoms with E-state index in [0.29, 0.717) is 22.2 Å². The molecule has 1 atom stereocenters. The Morgan fingerprint density at radius 1 is 1.06 bits per heavy atom. The lowest BCUT2D eigenvalue weighted by Gasteiger charge is -2.36. The van der Waals surface area contributed by atoms with Crippen LogP contribution in [-0.4, -0.2) is 28.2 Å². The van der Waals surface area contributed by atoms with Crippen LogP contribution in [0, 0.1) is 6.92 Å². The van der Waals surface area contributed by atoms with Gasteiger partial charge in [0.05, 0.1) is 6.54 Å². The molecule has 4 amide bonds. The van der Waals surface area contributed by atoms with Crippen LogP contribution < -0.4 is 20.7 Å². The van der Waals surface area contributed by atoms with E-state index in [1.807, 2.05) is 37.3 Å². The van der Waals surface area contributed by atoms with Crippen molar-refractivity contribution in [3.8, 4) is 11.5 Å². The SMILES string of the molecule is Cc1cc(Oc2ccc(NC3NC(=O)NC(=O)N3Cc3ccc(Cl)cc3)cc2)ccn1. The number of ether oxygens (including phenoxy) is 1. The monoisotopic (exact) mass is 437 g/mol. The molecule has 1 saturated heterocycles. The van der Waals surface area contributed by atoms with Crippen LogP contribution in [0.15, 0.2) is 66.9 Å². The molecule has 31 heavy (non-hydrogen) atoms. The second kappa shape index (κ2) is 8.93. The zero-order valence-electron chi connectivity index (χ0n) is 16.6. The molecule has 0 radical (unpaired) electrons. The van der Waals surface area contributed by atoms with E-state index in [4.69, 9.17) is 16.3 Å². The van der Waals surface area contributed by atoms with Crippen LogP contribution in [0.1, 0.15) is 11.3 Å². The molecule has 9 heteroatoms. The molecule has 4 rings (SSSR count). The lowest BCUT2D eigenvalue weighted by Crippen LogP contribution is -2.65. The molecule has 1 aliphatic heterocycles. The van der Waals surface area contributed by atoms with Gasteiger partial charge >= 0.3 is 12.1 Å². The van der Waals surface area contributed by atoms with Gasteiger partial charge in [0.25, 0.3) is 0 Å². The summed E-state index contributed by atoms with van der Waals surface area (Å²) in [5.41, 5.74) is 2.45. The van der Waals surface area contributed by atoms with E-state index < -0.39 is 18.4 Å². The number of carbonyl (C=O) groups excluding carboxylic acids is 2. The maximum Gasteiger partial charge on any atom is 0.328 e. The number of hydrogen-bond acceptors (Lipinski definition) is 5. The summed E-state index contributed by atoms with van der Waals surface area (Å²) in [6, 6.07) is 16.9. The number of pyridine rings is 1. The Kier molecular flexibility index (Phi) is 5.90. The molecule has 0 aliphatic carbocycles. The van der Waals surface area contributed by atoms with Crippen LogP contribution in [-0.2, 0) is 6.54 Å². The summed E-state index contributed by atoms with van der Waals surface area (Å²) in [6.45, 7) is 2.17. The summed E-state index contributed by atoms with van der Waals surface area (Å²) >= 11 is 5.93. The van der Waals surface area contributed by atoms with Crippen molar-refractivity contribution in [3.05, 3.63) is 83.1 Å². The first-order valence-electron chi connectivity index (χ1n) is 9.56. The summed E-state index contributed by atoms with van der Waals surface area (Å²) in [6.07, 6.45) is 0.957. The molecular weight excluding hydrogens is 418 g/mol. The van der Waals surface area contributed by atoms with Crippen LogP contribution in [0.2, 0.25) is 5.02 Å². The molecule has 3 N–H and O–H groups in total. The second-order valence-electron chi connectivity index (χ2n) is 6.96. The number of rotatable bonds is 6. The summed E-state index contributed by atoms with van der Waals surface area (Å²) in [5.74, 6) is 1.35. The molecule has 0 bridgehead atoms. The molecule has 1 aliphatic rings. The van der Waals surface area contributed by atoms with Crippen LogP contribution in [0.4, 0.5) is 15.3 Å². The fourth-order valence-electron chi connectivity index (χ4n) is 3.08. The average molecular weight is 438 g/mol. The number of aryl methyl sites for hydroxylation is 1. The number of halogens is 1.